The van der Waals surface area contributed by atoms with Crippen molar-refractivity contribution in [1.82, 2.24) is 14.4 Å². The number of esters is 1. The summed E-state index contributed by atoms with van der Waals surface area (Å²) in [5.41, 5.74) is 1.81. The molecule has 0 saturated carbocycles. The lowest BCUT2D eigenvalue weighted by molar-refractivity contribution is 0.0462. The van der Waals surface area contributed by atoms with E-state index < -0.39 is 5.97 Å². The quantitative estimate of drug-likeness (QED) is 0.504. The van der Waals surface area contributed by atoms with E-state index in [0.717, 1.165) is 11.3 Å². The topological polar surface area (TPSA) is 86.7 Å². The van der Waals surface area contributed by atoms with Gasteiger partial charge in [0.05, 0.1) is 5.69 Å². The van der Waals surface area contributed by atoms with Crippen LogP contribution in [0.3, 0.4) is 0 Å². The maximum atomic E-state index is 12.2. The lowest BCUT2D eigenvalue weighted by atomic mass is 10.3. The second kappa shape index (κ2) is 6.81. The van der Waals surface area contributed by atoms with Crippen LogP contribution in [0.2, 0.25) is 0 Å². The highest BCUT2D eigenvalue weighted by molar-refractivity contribution is 7.13. The molecule has 0 atom stereocenters. The van der Waals surface area contributed by atoms with E-state index in [1.807, 2.05) is 26.0 Å². The van der Waals surface area contributed by atoms with Crippen LogP contribution < -0.4 is 5.56 Å². The summed E-state index contributed by atoms with van der Waals surface area (Å²) < 4.78 is 12.2. The molecule has 0 saturated heterocycles. The molecule has 0 aliphatic carbocycles. The van der Waals surface area contributed by atoms with E-state index in [9.17, 15) is 9.59 Å². The van der Waals surface area contributed by atoms with E-state index in [-0.39, 0.29) is 17.9 Å². The minimum absolute atomic E-state index is 0.106. The number of hydrogen-bond donors (Lipinski definition) is 0. The number of fused-ring (bicyclic) bond motifs is 1. The van der Waals surface area contributed by atoms with Crippen LogP contribution in [0.15, 0.2) is 51.1 Å². The largest absolute Gasteiger partial charge is 0.459 e. The molecule has 4 aromatic heterocycles. The van der Waals surface area contributed by atoms with Gasteiger partial charge in [0.15, 0.2) is 16.5 Å². The first-order valence-electron chi connectivity index (χ1n) is 8.18. The predicted octanol–water partition coefficient (Wildman–Crippen LogP) is 3.38. The molecule has 4 aromatic rings. The number of nitrogens with zero attached hydrogens (tertiary/aromatic N) is 3. The summed E-state index contributed by atoms with van der Waals surface area (Å²) in [6, 6.07) is 8.61. The first kappa shape index (κ1) is 17.2. The van der Waals surface area contributed by atoms with Gasteiger partial charge in [0.25, 0.3) is 5.56 Å². The number of aromatic nitrogens is 3. The number of carbonyl (C=O) groups is 1. The molecular formula is C19H15N3O4S. The molecular weight excluding hydrogens is 366 g/mol. The number of carbonyl (C=O) groups excluding carboxylic acids is 1. The van der Waals surface area contributed by atoms with Gasteiger partial charge in [-0.2, -0.15) is 0 Å². The van der Waals surface area contributed by atoms with Gasteiger partial charge >= 0.3 is 5.97 Å². The first-order valence-corrected chi connectivity index (χ1v) is 9.06. The molecule has 0 amide bonds. The lowest BCUT2D eigenvalue weighted by Gasteiger charge is -2.05. The van der Waals surface area contributed by atoms with Gasteiger partial charge in [0, 0.05) is 17.6 Å². The molecule has 0 fully saturated rings. The molecule has 0 radical (unpaired) electrons. The van der Waals surface area contributed by atoms with Crippen LogP contribution in [-0.2, 0) is 11.3 Å². The Balaban J connectivity index is 1.49. The molecule has 136 valence electrons. The summed E-state index contributed by atoms with van der Waals surface area (Å²) in [6.45, 7) is 3.63. The average Bonchev–Trinajstić information content (AvgIpc) is 3.29. The molecule has 7 nitrogen and oxygen atoms in total. The third-order valence-electron chi connectivity index (χ3n) is 3.88. The molecule has 0 N–H and O–H groups in total. The Morgan fingerprint density at radius 1 is 1.22 bits per heavy atom. The standard InChI is InChI=1S/C19H15N3O4S/c1-11-3-6-16-20-13(7-17(23)22(16)8-11)9-25-19(24)14-10-27-18(21-14)15-5-4-12(2)26-15/h3-8,10H,9H2,1-2H3. The van der Waals surface area contributed by atoms with Crippen molar-refractivity contribution < 1.29 is 13.9 Å². The summed E-state index contributed by atoms with van der Waals surface area (Å²) in [4.78, 5) is 33.0. The minimum Gasteiger partial charge on any atom is -0.459 e. The molecule has 0 spiro atoms. The van der Waals surface area contributed by atoms with E-state index in [4.69, 9.17) is 9.15 Å². The van der Waals surface area contributed by atoms with Crippen molar-refractivity contribution in [3.8, 4) is 10.8 Å². The SMILES string of the molecule is Cc1ccc2nc(COC(=O)c3csc(-c4ccc(C)o4)n3)cc(=O)n2c1. The number of pyridine rings is 1. The minimum atomic E-state index is -0.577. The van der Waals surface area contributed by atoms with Crippen LogP contribution in [0.1, 0.15) is 27.5 Å². The fourth-order valence-corrected chi connectivity index (χ4v) is 3.32. The average molecular weight is 381 g/mol. The second-order valence-corrected chi connectivity index (χ2v) is 6.90. The fraction of sp³-hybridized carbons (Fsp3) is 0.158. The van der Waals surface area contributed by atoms with Gasteiger partial charge in [-0.1, -0.05) is 6.07 Å². The molecule has 4 heterocycles. The van der Waals surface area contributed by atoms with E-state index in [2.05, 4.69) is 9.97 Å². The van der Waals surface area contributed by atoms with Crippen molar-refractivity contribution in [3.05, 3.63) is 75.0 Å². The lowest BCUT2D eigenvalue weighted by Crippen LogP contribution is -2.17. The van der Waals surface area contributed by atoms with Gasteiger partial charge in [-0.3, -0.25) is 9.20 Å². The Labute approximate surface area is 157 Å². The number of aryl methyl sites for hydroxylation is 2. The number of ether oxygens (including phenoxy) is 1. The Morgan fingerprint density at radius 3 is 2.85 bits per heavy atom. The van der Waals surface area contributed by atoms with E-state index in [1.54, 1.807) is 23.7 Å². The number of hydrogen-bond acceptors (Lipinski definition) is 7. The number of rotatable bonds is 4. The van der Waals surface area contributed by atoms with E-state index in [1.165, 1.54) is 21.8 Å². The molecule has 0 bridgehead atoms. The number of furan rings is 1. The van der Waals surface area contributed by atoms with Crippen molar-refractivity contribution in [3.63, 3.8) is 0 Å². The van der Waals surface area contributed by atoms with Crippen molar-refractivity contribution >= 4 is 23.0 Å². The van der Waals surface area contributed by atoms with Crippen molar-refractivity contribution in [1.29, 1.82) is 0 Å². The van der Waals surface area contributed by atoms with Crippen LogP contribution in [0.5, 0.6) is 0 Å². The van der Waals surface area contributed by atoms with Gasteiger partial charge < -0.3 is 9.15 Å². The highest BCUT2D eigenvalue weighted by Crippen LogP contribution is 2.25. The summed E-state index contributed by atoms with van der Waals surface area (Å²) >= 11 is 1.30. The zero-order chi connectivity index (χ0) is 19.0. The molecule has 0 aromatic carbocycles. The van der Waals surface area contributed by atoms with Gasteiger partial charge in [0.1, 0.15) is 18.0 Å². The molecule has 0 aliphatic heterocycles. The van der Waals surface area contributed by atoms with Crippen molar-refractivity contribution in [2.45, 2.75) is 20.5 Å². The van der Waals surface area contributed by atoms with Crippen LogP contribution in [0.25, 0.3) is 16.4 Å². The summed E-state index contributed by atoms with van der Waals surface area (Å²) in [6.07, 6.45) is 1.72. The van der Waals surface area contributed by atoms with Crippen LogP contribution >= 0.6 is 11.3 Å². The number of thiazole rings is 1. The molecule has 0 unspecified atom stereocenters. The van der Waals surface area contributed by atoms with E-state index >= 15 is 0 Å². The normalized spacial score (nSPS) is 11.0. The van der Waals surface area contributed by atoms with Crippen LogP contribution in [-0.4, -0.2) is 20.3 Å². The van der Waals surface area contributed by atoms with Gasteiger partial charge in [-0.25, -0.2) is 14.8 Å². The predicted molar refractivity (Wildman–Crippen MR) is 99.9 cm³/mol. The highest BCUT2D eigenvalue weighted by atomic mass is 32.1. The van der Waals surface area contributed by atoms with Gasteiger partial charge in [0.2, 0.25) is 0 Å². The summed E-state index contributed by atoms with van der Waals surface area (Å²) in [5.74, 6) is 0.802. The molecule has 8 heteroatoms. The third kappa shape index (κ3) is 3.52. The zero-order valence-corrected chi connectivity index (χ0v) is 15.4. The van der Waals surface area contributed by atoms with Crippen LogP contribution in [0, 0.1) is 13.8 Å². The molecule has 0 aliphatic rings. The van der Waals surface area contributed by atoms with Crippen LogP contribution in [0.4, 0.5) is 0 Å². The van der Waals surface area contributed by atoms with E-state index in [0.29, 0.717) is 22.1 Å². The summed E-state index contributed by atoms with van der Waals surface area (Å²) in [7, 11) is 0. The zero-order valence-electron chi connectivity index (χ0n) is 14.6. The van der Waals surface area contributed by atoms with Crippen molar-refractivity contribution in [2.24, 2.45) is 0 Å². The smallest absolute Gasteiger partial charge is 0.358 e. The van der Waals surface area contributed by atoms with Crippen molar-refractivity contribution in [2.75, 3.05) is 0 Å². The maximum absolute atomic E-state index is 12.2. The summed E-state index contributed by atoms with van der Waals surface area (Å²) in [5, 5.41) is 2.22. The maximum Gasteiger partial charge on any atom is 0.358 e. The Morgan fingerprint density at radius 2 is 2.07 bits per heavy atom. The second-order valence-electron chi connectivity index (χ2n) is 6.04. The Bertz CT molecular complexity index is 1210. The Hall–Kier alpha value is -3.26. The Kier molecular flexibility index (Phi) is 4.33. The van der Waals surface area contributed by atoms with Gasteiger partial charge in [-0.05, 0) is 37.6 Å². The highest BCUT2D eigenvalue weighted by Gasteiger charge is 2.15. The van der Waals surface area contributed by atoms with Gasteiger partial charge in [-0.15, -0.1) is 11.3 Å². The molecule has 27 heavy (non-hydrogen) atoms. The third-order valence-corrected chi connectivity index (χ3v) is 4.73. The first-order chi connectivity index (χ1) is 13.0. The monoisotopic (exact) mass is 381 g/mol. The fourth-order valence-electron chi connectivity index (χ4n) is 2.58. The molecule has 4 rings (SSSR count).